The minimum absolute atomic E-state index is 0.670. The fraction of sp³-hybridized carbons (Fsp3) is 0.444. The molecule has 2 rings (SSSR count). The number of rotatable bonds is 3. The summed E-state index contributed by atoms with van der Waals surface area (Å²) in [6.45, 7) is 2.75. The van der Waals surface area contributed by atoms with Crippen LogP contribution in [0.25, 0.3) is 0 Å². The van der Waals surface area contributed by atoms with E-state index in [0.29, 0.717) is 4.77 Å². The first-order valence-electron chi connectivity index (χ1n) is 4.77. The Morgan fingerprint density at radius 2 is 2.33 bits per heavy atom. The van der Waals surface area contributed by atoms with Gasteiger partial charge in [-0.3, -0.25) is 9.78 Å². The van der Waals surface area contributed by atoms with Crippen molar-refractivity contribution < 1.29 is 0 Å². The summed E-state index contributed by atoms with van der Waals surface area (Å²) in [5.74, 6) is 0.913. The van der Waals surface area contributed by atoms with Gasteiger partial charge in [-0.1, -0.05) is 0 Å². The summed E-state index contributed by atoms with van der Waals surface area (Å²) in [6.07, 6.45) is 2.81. The molecule has 0 atom stereocenters. The highest BCUT2D eigenvalue weighted by Crippen LogP contribution is 2.01. The predicted octanol–water partition coefficient (Wildman–Crippen LogP) is 1.23. The fourth-order valence-electron chi connectivity index (χ4n) is 1.48. The molecule has 0 unspecified atom stereocenters. The molecule has 2 heterocycles. The summed E-state index contributed by atoms with van der Waals surface area (Å²) in [6, 6.07) is 2.01. The average Bonchev–Trinajstić information content (AvgIpc) is 2.73. The van der Waals surface area contributed by atoms with Crippen LogP contribution in [-0.2, 0) is 20.0 Å². The largest absolute Gasteiger partial charge is 0.304 e. The third-order valence-corrected chi connectivity index (χ3v) is 2.62. The van der Waals surface area contributed by atoms with E-state index < -0.39 is 0 Å². The number of aromatic nitrogens is 5. The average molecular weight is 223 g/mol. The van der Waals surface area contributed by atoms with Gasteiger partial charge in [-0.05, 0) is 25.2 Å². The molecule has 0 saturated heterocycles. The van der Waals surface area contributed by atoms with Gasteiger partial charge >= 0.3 is 0 Å². The lowest BCUT2D eigenvalue weighted by Gasteiger charge is -2.01. The van der Waals surface area contributed by atoms with Gasteiger partial charge in [0.15, 0.2) is 4.77 Å². The SMILES string of the molecule is Cc1n[nH]c(=S)n1CCc1ccn(C)n1. The molecule has 0 aliphatic rings. The van der Waals surface area contributed by atoms with Gasteiger partial charge in [0.2, 0.25) is 0 Å². The Hall–Kier alpha value is -1.43. The molecule has 0 bridgehead atoms. The third-order valence-electron chi connectivity index (χ3n) is 2.31. The summed E-state index contributed by atoms with van der Waals surface area (Å²) >= 11 is 5.11. The van der Waals surface area contributed by atoms with Crippen molar-refractivity contribution in [1.29, 1.82) is 0 Å². The minimum atomic E-state index is 0.670. The number of nitrogens with zero attached hydrogens (tertiary/aromatic N) is 4. The summed E-state index contributed by atoms with van der Waals surface area (Å²) in [5.41, 5.74) is 1.07. The Morgan fingerprint density at radius 1 is 1.53 bits per heavy atom. The first-order chi connectivity index (χ1) is 7.16. The lowest BCUT2D eigenvalue weighted by molar-refractivity contribution is 0.642. The van der Waals surface area contributed by atoms with Gasteiger partial charge in [-0.15, -0.1) is 0 Å². The molecule has 0 spiro atoms. The van der Waals surface area contributed by atoms with Crippen LogP contribution >= 0.6 is 12.2 Å². The van der Waals surface area contributed by atoms with E-state index in [-0.39, 0.29) is 0 Å². The Bertz CT molecular complexity index is 507. The van der Waals surface area contributed by atoms with Crippen LogP contribution in [0.3, 0.4) is 0 Å². The zero-order chi connectivity index (χ0) is 10.8. The van der Waals surface area contributed by atoms with Gasteiger partial charge in [0.1, 0.15) is 5.82 Å². The lowest BCUT2D eigenvalue weighted by atomic mass is 10.3. The van der Waals surface area contributed by atoms with Crippen LogP contribution in [0.2, 0.25) is 0 Å². The second-order valence-electron chi connectivity index (χ2n) is 3.46. The molecule has 1 N–H and O–H groups in total. The molecule has 6 heteroatoms. The van der Waals surface area contributed by atoms with E-state index in [1.165, 1.54) is 0 Å². The van der Waals surface area contributed by atoms with Crippen molar-refractivity contribution in [2.45, 2.75) is 19.9 Å². The van der Waals surface area contributed by atoms with Crippen molar-refractivity contribution in [2.24, 2.45) is 7.05 Å². The number of hydrogen-bond acceptors (Lipinski definition) is 3. The lowest BCUT2D eigenvalue weighted by Crippen LogP contribution is -2.04. The van der Waals surface area contributed by atoms with Crippen molar-refractivity contribution in [3.05, 3.63) is 28.6 Å². The monoisotopic (exact) mass is 223 g/mol. The van der Waals surface area contributed by atoms with Crippen LogP contribution in [0.5, 0.6) is 0 Å². The molecule has 2 aromatic rings. The Balaban J connectivity index is 2.08. The molecule has 0 radical (unpaired) electrons. The fourth-order valence-corrected chi connectivity index (χ4v) is 1.75. The Morgan fingerprint density at radius 3 is 2.87 bits per heavy atom. The van der Waals surface area contributed by atoms with Crippen molar-refractivity contribution >= 4 is 12.2 Å². The zero-order valence-electron chi connectivity index (χ0n) is 8.77. The normalized spacial score (nSPS) is 10.8. The molecule has 15 heavy (non-hydrogen) atoms. The maximum atomic E-state index is 5.11. The molecule has 5 nitrogen and oxygen atoms in total. The molecule has 2 aromatic heterocycles. The predicted molar refractivity (Wildman–Crippen MR) is 59.1 cm³/mol. The number of H-pyrrole nitrogens is 1. The van der Waals surface area contributed by atoms with E-state index in [4.69, 9.17) is 12.2 Å². The zero-order valence-corrected chi connectivity index (χ0v) is 9.58. The molecule has 0 fully saturated rings. The van der Waals surface area contributed by atoms with E-state index in [0.717, 1.165) is 24.5 Å². The van der Waals surface area contributed by atoms with Gasteiger partial charge in [-0.2, -0.15) is 10.2 Å². The van der Waals surface area contributed by atoms with Crippen molar-refractivity contribution in [2.75, 3.05) is 0 Å². The smallest absolute Gasteiger partial charge is 0.195 e. The molecule has 0 amide bonds. The molecule has 0 aliphatic carbocycles. The standard InChI is InChI=1S/C9H13N5S/c1-7-10-11-9(15)14(7)6-4-8-3-5-13(2)12-8/h3,5H,4,6H2,1-2H3,(H,11,15). The minimum Gasteiger partial charge on any atom is -0.304 e. The van der Waals surface area contributed by atoms with E-state index in [1.807, 2.05) is 30.8 Å². The van der Waals surface area contributed by atoms with Crippen molar-refractivity contribution in [1.82, 2.24) is 24.5 Å². The number of hydrogen-bond donors (Lipinski definition) is 1. The second-order valence-corrected chi connectivity index (χ2v) is 3.85. The van der Waals surface area contributed by atoms with Crippen LogP contribution in [-0.4, -0.2) is 24.5 Å². The highest BCUT2D eigenvalue weighted by Gasteiger charge is 2.02. The van der Waals surface area contributed by atoms with Gasteiger partial charge < -0.3 is 4.57 Å². The van der Waals surface area contributed by atoms with Crippen molar-refractivity contribution in [3.8, 4) is 0 Å². The first-order valence-corrected chi connectivity index (χ1v) is 5.18. The number of nitrogens with one attached hydrogen (secondary N) is 1. The van der Waals surface area contributed by atoms with Crippen LogP contribution in [0, 0.1) is 11.7 Å². The molecule has 0 saturated carbocycles. The van der Waals surface area contributed by atoms with E-state index in [1.54, 1.807) is 4.68 Å². The van der Waals surface area contributed by atoms with Crippen molar-refractivity contribution in [3.63, 3.8) is 0 Å². The molecular formula is C9H13N5S. The summed E-state index contributed by atoms with van der Waals surface area (Å²) in [5, 5.41) is 11.1. The number of aryl methyl sites for hydroxylation is 3. The third kappa shape index (κ3) is 2.15. The number of aromatic amines is 1. The highest BCUT2D eigenvalue weighted by molar-refractivity contribution is 7.71. The van der Waals surface area contributed by atoms with Crippen LogP contribution in [0.15, 0.2) is 12.3 Å². The Kier molecular flexibility index (Phi) is 2.68. The highest BCUT2D eigenvalue weighted by atomic mass is 32.1. The van der Waals surface area contributed by atoms with Crippen LogP contribution < -0.4 is 0 Å². The van der Waals surface area contributed by atoms with Gasteiger partial charge in [0, 0.05) is 26.2 Å². The molecule has 0 aliphatic heterocycles. The maximum absolute atomic E-state index is 5.11. The topological polar surface area (TPSA) is 51.4 Å². The van der Waals surface area contributed by atoms with E-state index in [9.17, 15) is 0 Å². The van der Waals surface area contributed by atoms with Gasteiger partial charge in [0.05, 0.1) is 5.69 Å². The van der Waals surface area contributed by atoms with Crippen LogP contribution in [0.4, 0.5) is 0 Å². The first kappa shape index (κ1) is 10.1. The Labute approximate surface area is 92.7 Å². The van der Waals surface area contributed by atoms with E-state index in [2.05, 4.69) is 15.3 Å². The van der Waals surface area contributed by atoms with Gasteiger partial charge in [-0.25, -0.2) is 0 Å². The molecular weight excluding hydrogens is 210 g/mol. The maximum Gasteiger partial charge on any atom is 0.195 e. The molecule has 80 valence electrons. The van der Waals surface area contributed by atoms with Crippen LogP contribution in [0.1, 0.15) is 11.5 Å². The van der Waals surface area contributed by atoms with Gasteiger partial charge in [0.25, 0.3) is 0 Å². The molecule has 0 aromatic carbocycles. The quantitative estimate of drug-likeness (QED) is 0.796. The van der Waals surface area contributed by atoms with E-state index >= 15 is 0 Å². The summed E-state index contributed by atoms with van der Waals surface area (Å²) in [7, 11) is 1.91. The summed E-state index contributed by atoms with van der Waals surface area (Å²) in [4.78, 5) is 0. The summed E-state index contributed by atoms with van der Waals surface area (Å²) < 4.78 is 4.45. The second kappa shape index (κ2) is 3.98.